The van der Waals surface area contributed by atoms with Crippen molar-refractivity contribution < 1.29 is 9.59 Å². The number of Topliss-reactive ketones (excluding diaryl/α,β-unsaturated/α-hetero) is 1. The molecule has 1 aliphatic heterocycles. The second-order valence-electron chi connectivity index (χ2n) is 4.19. The van der Waals surface area contributed by atoms with Crippen molar-refractivity contribution in [3.8, 4) is 0 Å². The van der Waals surface area contributed by atoms with Gasteiger partial charge in [-0.1, -0.05) is 0 Å². The molecule has 1 amide bonds. The molecular formula is C11H19NO2. The predicted molar refractivity (Wildman–Crippen MR) is 54.9 cm³/mol. The number of rotatable bonds is 3. The van der Waals surface area contributed by atoms with E-state index >= 15 is 0 Å². The fourth-order valence-corrected chi connectivity index (χ4v) is 1.94. The van der Waals surface area contributed by atoms with E-state index in [2.05, 4.69) is 0 Å². The summed E-state index contributed by atoms with van der Waals surface area (Å²) >= 11 is 0. The summed E-state index contributed by atoms with van der Waals surface area (Å²) in [6, 6.07) is 0. The van der Waals surface area contributed by atoms with E-state index in [1.807, 2.05) is 4.90 Å². The van der Waals surface area contributed by atoms with Gasteiger partial charge in [0.1, 0.15) is 5.78 Å². The van der Waals surface area contributed by atoms with Gasteiger partial charge in [0, 0.05) is 26.4 Å². The molecule has 1 saturated heterocycles. The van der Waals surface area contributed by atoms with E-state index in [0.29, 0.717) is 12.3 Å². The molecule has 80 valence electrons. The van der Waals surface area contributed by atoms with Gasteiger partial charge in [-0.15, -0.1) is 0 Å². The molecule has 3 nitrogen and oxygen atoms in total. The van der Waals surface area contributed by atoms with Crippen LogP contribution in [0.25, 0.3) is 0 Å². The highest BCUT2D eigenvalue weighted by molar-refractivity contribution is 5.75. The predicted octanol–water partition coefficient (Wildman–Crippen LogP) is 1.61. The number of hydrogen-bond donors (Lipinski definition) is 0. The van der Waals surface area contributed by atoms with Crippen molar-refractivity contribution in [3.63, 3.8) is 0 Å². The van der Waals surface area contributed by atoms with Crippen molar-refractivity contribution in [1.29, 1.82) is 0 Å². The van der Waals surface area contributed by atoms with Gasteiger partial charge >= 0.3 is 0 Å². The molecule has 1 heterocycles. The summed E-state index contributed by atoms with van der Waals surface area (Å²) in [7, 11) is 0. The summed E-state index contributed by atoms with van der Waals surface area (Å²) in [4.78, 5) is 23.7. The molecule has 0 atom stereocenters. The summed E-state index contributed by atoms with van der Waals surface area (Å²) in [6.45, 7) is 5.01. The second-order valence-corrected chi connectivity index (χ2v) is 4.19. The average Bonchev–Trinajstić information content (AvgIpc) is 2.15. The minimum atomic E-state index is 0.176. The Kier molecular flexibility index (Phi) is 4.11. The monoisotopic (exact) mass is 197 g/mol. The molecule has 0 spiro atoms. The van der Waals surface area contributed by atoms with Crippen LogP contribution in [0.5, 0.6) is 0 Å². The Morgan fingerprint density at radius 1 is 1.21 bits per heavy atom. The van der Waals surface area contributed by atoms with Crippen LogP contribution in [-0.2, 0) is 9.59 Å². The second kappa shape index (κ2) is 5.13. The summed E-state index contributed by atoms with van der Waals surface area (Å²) in [6.07, 6.45) is 3.82. The third kappa shape index (κ3) is 3.48. The largest absolute Gasteiger partial charge is 0.343 e. The minimum absolute atomic E-state index is 0.176. The standard InChI is InChI=1S/C11H19NO2/c1-9(13)3-4-11-5-7-12(8-6-11)10(2)14/h11H,3-8H2,1-2H3. The molecular weight excluding hydrogens is 178 g/mol. The molecule has 0 aromatic rings. The Hall–Kier alpha value is -0.860. The maximum atomic E-state index is 11.0. The molecule has 0 saturated carbocycles. The molecule has 1 fully saturated rings. The van der Waals surface area contributed by atoms with E-state index < -0.39 is 0 Å². The highest BCUT2D eigenvalue weighted by Crippen LogP contribution is 2.21. The first-order valence-corrected chi connectivity index (χ1v) is 5.34. The molecule has 0 aromatic heterocycles. The molecule has 0 aromatic carbocycles. The molecule has 0 bridgehead atoms. The number of likely N-dealkylation sites (tertiary alicyclic amines) is 1. The Morgan fingerprint density at radius 3 is 2.21 bits per heavy atom. The number of amides is 1. The van der Waals surface area contributed by atoms with Gasteiger partial charge in [0.2, 0.25) is 5.91 Å². The van der Waals surface area contributed by atoms with Crippen molar-refractivity contribution >= 4 is 11.7 Å². The third-order valence-corrected chi connectivity index (χ3v) is 2.96. The van der Waals surface area contributed by atoms with Crippen LogP contribution < -0.4 is 0 Å². The van der Waals surface area contributed by atoms with E-state index in [9.17, 15) is 9.59 Å². The van der Waals surface area contributed by atoms with Gasteiger partial charge in [0.05, 0.1) is 0 Å². The van der Waals surface area contributed by atoms with Crippen LogP contribution >= 0.6 is 0 Å². The fraction of sp³-hybridized carbons (Fsp3) is 0.818. The van der Waals surface area contributed by atoms with Gasteiger partial charge in [0.25, 0.3) is 0 Å². The van der Waals surface area contributed by atoms with Crippen molar-refractivity contribution in [3.05, 3.63) is 0 Å². The smallest absolute Gasteiger partial charge is 0.219 e. The Balaban J connectivity index is 2.22. The average molecular weight is 197 g/mol. The van der Waals surface area contributed by atoms with Gasteiger partial charge in [-0.05, 0) is 32.1 Å². The number of nitrogens with zero attached hydrogens (tertiary/aromatic N) is 1. The number of hydrogen-bond acceptors (Lipinski definition) is 2. The molecule has 0 N–H and O–H groups in total. The van der Waals surface area contributed by atoms with E-state index in [-0.39, 0.29) is 11.7 Å². The lowest BCUT2D eigenvalue weighted by Gasteiger charge is -2.31. The maximum absolute atomic E-state index is 11.0. The summed E-state index contributed by atoms with van der Waals surface area (Å²) in [5, 5.41) is 0. The molecule has 3 heteroatoms. The number of piperidine rings is 1. The van der Waals surface area contributed by atoms with E-state index in [0.717, 1.165) is 32.4 Å². The SMILES string of the molecule is CC(=O)CCC1CCN(C(C)=O)CC1. The highest BCUT2D eigenvalue weighted by atomic mass is 16.2. The van der Waals surface area contributed by atoms with Gasteiger partial charge in [0.15, 0.2) is 0 Å². The van der Waals surface area contributed by atoms with Crippen LogP contribution in [0.4, 0.5) is 0 Å². The van der Waals surface area contributed by atoms with Gasteiger partial charge in [-0.3, -0.25) is 4.79 Å². The Morgan fingerprint density at radius 2 is 1.79 bits per heavy atom. The normalized spacial score (nSPS) is 18.3. The first-order chi connectivity index (χ1) is 6.59. The van der Waals surface area contributed by atoms with Crippen LogP contribution in [0.3, 0.4) is 0 Å². The molecule has 0 aliphatic carbocycles. The van der Waals surface area contributed by atoms with Crippen LogP contribution in [0.1, 0.15) is 39.5 Å². The highest BCUT2D eigenvalue weighted by Gasteiger charge is 2.20. The molecule has 1 aliphatic rings. The Labute approximate surface area is 85.5 Å². The zero-order valence-electron chi connectivity index (χ0n) is 9.08. The van der Waals surface area contributed by atoms with Gasteiger partial charge in [-0.2, -0.15) is 0 Å². The zero-order chi connectivity index (χ0) is 10.6. The summed E-state index contributed by atoms with van der Waals surface area (Å²) in [5.41, 5.74) is 0. The summed E-state index contributed by atoms with van der Waals surface area (Å²) in [5.74, 6) is 1.10. The van der Waals surface area contributed by atoms with E-state index in [4.69, 9.17) is 0 Å². The first-order valence-electron chi connectivity index (χ1n) is 5.34. The number of carbonyl (C=O) groups is 2. The van der Waals surface area contributed by atoms with Crippen LogP contribution in [0.2, 0.25) is 0 Å². The van der Waals surface area contributed by atoms with Crippen LogP contribution in [0, 0.1) is 5.92 Å². The third-order valence-electron chi connectivity index (χ3n) is 2.96. The zero-order valence-corrected chi connectivity index (χ0v) is 9.08. The summed E-state index contributed by atoms with van der Waals surface area (Å²) < 4.78 is 0. The van der Waals surface area contributed by atoms with E-state index in [1.54, 1.807) is 13.8 Å². The van der Waals surface area contributed by atoms with Crippen LogP contribution in [0.15, 0.2) is 0 Å². The Bertz CT molecular complexity index is 217. The fourth-order valence-electron chi connectivity index (χ4n) is 1.94. The topological polar surface area (TPSA) is 37.4 Å². The van der Waals surface area contributed by atoms with Crippen LogP contribution in [-0.4, -0.2) is 29.7 Å². The lowest BCUT2D eigenvalue weighted by atomic mass is 9.91. The quantitative estimate of drug-likeness (QED) is 0.689. The lowest BCUT2D eigenvalue weighted by Crippen LogP contribution is -2.37. The number of carbonyl (C=O) groups excluding carboxylic acids is 2. The first kappa shape index (κ1) is 11.2. The minimum Gasteiger partial charge on any atom is -0.343 e. The van der Waals surface area contributed by atoms with Gasteiger partial charge < -0.3 is 9.69 Å². The number of ketones is 1. The molecule has 14 heavy (non-hydrogen) atoms. The maximum Gasteiger partial charge on any atom is 0.219 e. The van der Waals surface area contributed by atoms with Gasteiger partial charge in [-0.25, -0.2) is 0 Å². The van der Waals surface area contributed by atoms with Crippen molar-refractivity contribution in [1.82, 2.24) is 4.90 Å². The lowest BCUT2D eigenvalue weighted by molar-refractivity contribution is -0.130. The molecule has 0 unspecified atom stereocenters. The van der Waals surface area contributed by atoms with Crippen molar-refractivity contribution in [2.45, 2.75) is 39.5 Å². The van der Waals surface area contributed by atoms with Crippen molar-refractivity contribution in [2.24, 2.45) is 5.92 Å². The molecule has 1 rings (SSSR count). The molecule has 0 radical (unpaired) electrons. The van der Waals surface area contributed by atoms with E-state index in [1.165, 1.54) is 0 Å². The van der Waals surface area contributed by atoms with Crippen molar-refractivity contribution in [2.75, 3.05) is 13.1 Å².